The number of aromatic nitrogens is 1. The second-order valence-electron chi connectivity index (χ2n) is 2.74. The zero-order valence-corrected chi connectivity index (χ0v) is 8.50. The number of carbonyl (C=O) groups is 1. The molecule has 1 aromatic rings. The van der Waals surface area contributed by atoms with Gasteiger partial charge in [-0.1, -0.05) is 5.92 Å². The van der Waals surface area contributed by atoms with E-state index in [1.54, 1.807) is 19.9 Å². The fraction of sp³-hybridized carbons (Fsp3) is 0.273. The first-order valence-electron chi connectivity index (χ1n) is 4.45. The Bertz CT molecular complexity index is 432. The predicted octanol–water partition coefficient (Wildman–Crippen LogP) is 1.44. The Morgan fingerprint density at radius 2 is 2.40 bits per heavy atom. The van der Waals surface area contributed by atoms with Gasteiger partial charge in [-0.2, -0.15) is 4.39 Å². The van der Waals surface area contributed by atoms with Crippen molar-refractivity contribution >= 4 is 5.97 Å². The van der Waals surface area contributed by atoms with Gasteiger partial charge >= 0.3 is 5.97 Å². The lowest BCUT2D eigenvalue weighted by atomic mass is 10.1. The zero-order valence-electron chi connectivity index (χ0n) is 8.50. The van der Waals surface area contributed by atoms with Crippen LogP contribution in [0.5, 0.6) is 0 Å². The summed E-state index contributed by atoms with van der Waals surface area (Å²) in [6.45, 7) is 3.52. The summed E-state index contributed by atoms with van der Waals surface area (Å²) in [7, 11) is 0. The normalized spacial score (nSPS) is 9.00. The van der Waals surface area contributed by atoms with Crippen LogP contribution in [-0.4, -0.2) is 17.6 Å². The highest BCUT2D eigenvalue weighted by Crippen LogP contribution is 2.07. The van der Waals surface area contributed by atoms with Gasteiger partial charge in [-0.3, -0.25) is 0 Å². The van der Waals surface area contributed by atoms with Crippen molar-refractivity contribution in [3.8, 4) is 11.8 Å². The quantitative estimate of drug-likeness (QED) is 0.397. The molecule has 1 heterocycles. The van der Waals surface area contributed by atoms with E-state index in [2.05, 4.69) is 21.6 Å². The summed E-state index contributed by atoms with van der Waals surface area (Å²) >= 11 is 0. The fourth-order valence-corrected chi connectivity index (χ4v) is 0.931. The van der Waals surface area contributed by atoms with Gasteiger partial charge in [0.25, 0.3) is 0 Å². The second kappa shape index (κ2) is 5.11. The van der Waals surface area contributed by atoms with Crippen molar-refractivity contribution in [2.45, 2.75) is 13.8 Å². The molecule has 15 heavy (non-hydrogen) atoms. The highest BCUT2D eigenvalue weighted by molar-refractivity contribution is 5.89. The average molecular weight is 207 g/mol. The first kappa shape index (κ1) is 11.2. The third kappa shape index (κ3) is 3.06. The third-order valence-corrected chi connectivity index (χ3v) is 1.72. The molecule has 0 aliphatic rings. The van der Waals surface area contributed by atoms with Crippen molar-refractivity contribution in [3.63, 3.8) is 0 Å². The maximum absolute atomic E-state index is 13.0. The molecular formula is C11H10FNO2. The minimum atomic E-state index is -0.617. The molecular weight excluding hydrogens is 197 g/mol. The zero-order chi connectivity index (χ0) is 11.3. The third-order valence-electron chi connectivity index (χ3n) is 1.72. The molecule has 3 nitrogen and oxygen atoms in total. The Morgan fingerprint density at radius 3 is 3.07 bits per heavy atom. The number of hydrogen-bond acceptors (Lipinski definition) is 3. The van der Waals surface area contributed by atoms with Crippen LogP contribution >= 0.6 is 0 Å². The summed E-state index contributed by atoms with van der Waals surface area (Å²) in [4.78, 5) is 14.4. The molecule has 0 saturated heterocycles. The highest BCUT2D eigenvalue weighted by Gasteiger charge is 2.02. The molecule has 0 bridgehead atoms. The van der Waals surface area contributed by atoms with Crippen LogP contribution in [0.1, 0.15) is 18.1 Å². The average Bonchev–Trinajstić information content (AvgIpc) is 2.21. The molecule has 0 aliphatic carbocycles. The number of hydrogen-bond donors (Lipinski definition) is 0. The molecule has 0 spiro atoms. The number of rotatable bonds is 1. The van der Waals surface area contributed by atoms with Crippen LogP contribution in [0.25, 0.3) is 0 Å². The number of esters is 1. The van der Waals surface area contributed by atoms with Crippen LogP contribution in [-0.2, 0) is 9.53 Å². The van der Waals surface area contributed by atoms with Gasteiger partial charge in [-0.05, 0) is 19.9 Å². The number of carbonyl (C=O) groups excluding carboxylic acids is 1. The van der Waals surface area contributed by atoms with E-state index >= 15 is 0 Å². The van der Waals surface area contributed by atoms with Crippen LogP contribution < -0.4 is 0 Å². The van der Waals surface area contributed by atoms with E-state index < -0.39 is 11.9 Å². The molecule has 78 valence electrons. The fourth-order valence-electron chi connectivity index (χ4n) is 0.931. The van der Waals surface area contributed by atoms with Crippen molar-refractivity contribution in [3.05, 3.63) is 29.3 Å². The van der Waals surface area contributed by atoms with Crippen molar-refractivity contribution in [1.29, 1.82) is 0 Å². The van der Waals surface area contributed by atoms with Crippen molar-refractivity contribution < 1.29 is 13.9 Å². The molecule has 0 aromatic carbocycles. The lowest BCUT2D eigenvalue weighted by molar-refractivity contribution is -0.136. The molecule has 0 amide bonds. The Hall–Kier alpha value is -1.89. The standard InChI is InChI=1S/C11H10FNO2/c1-3-15-10(14)5-4-9-6-7-13-11(12)8(9)2/h6-7H,3H2,1-2H3. The maximum Gasteiger partial charge on any atom is 0.384 e. The van der Waals surface area contributed by atoms with E-state index in [-0.39, 0.29) is 6.61 Å². The number of halogens is 1. The minimum Gasteiger partial charge on any atom is -0.456 e. The Morgan fingerprint density at radius 1 is 1.67 bits per heavy atom. The minimum absolute atomic E-state index is 0.275. The number of nitrogens with zero attached hydrogens (tertiary/aromatic N) is 1. The van der Waals surface area contributed by atoms with E-state index in [4.69, 9.17) is 0 Å². The molecule has 0 atom stereocenters. The van der Waals surface area contributed by atoms with E-state index in [0.29, 0.717) is 11.1 Å². The van der Waals surface area contributed by atoms with Gasteiger partial charge in [0.1, 0.15) is 0 Å². The first-order valence-corrected chi connectivity index (χ1v) is 4.45. The van der Waals surface area contributed by atoms with Gasteiger partial charge in [0, 0.05) is 23.2 Å². The van der Waals surface area contributed by atoms with Crippen LogP contribution in [0.15, 0.2) is 12.3 Å². The van der Waals surface area contributed by atoms with Crippen LogP contribution in [0, 0.1) is 24.7 Å². The number of ether oxygens (including phenoxy) is 1. The smallest absolute Gasteiger partial charge is 0.384 e. The lowest BCUT2D eigenvalue weighted by Gasteiger charge is -1.97. The largest absolute Gasteiger partial charge is 0.456 e. The summed E-state index contributed by atoms with van der Waals surface area (Å²) in [5.74, 6) is 3.60. The maximum atomic E-state index is 13.0. The van der Waals surface area contributed by atoms with Gasteiger partial charge in [0.15, 0.2) is 0 Å². The van der Waals surface area contributed by atoms with Gasteiger partial charge in [-0.25, -0.2) is 9.78 Å². The summed E-state index contributed by atoms with van der Waals surface area (Å²) in [5.41, 5.74) is 0.768. The molecule has 4 heteroatoms. The van der Waals surface area contributed by atoms with E-state index in [1.807, 2.05) is 0 Å². The second-order valence-corrected chi connectivity index (χ2v) is 2.74. The summed E-state index contributed by atoms with van der Waals surface area (Å²) < 4.78 is 17.6. The Kier molecular flexibility index (Phi) is 3.81. The SMILES string of the molecule is CCOC(=O)C#Cc1ccnc(F)c1C. The van der Waals surface area contributed by atoms with Crippen LogP contribution in [0.2, 0.25) is 0 Å². The predicted molar refractivity (Wildman–Crippen MR) is 52.4 cm³/mol. The molecule has 0 saturated carbocycles. The molecule has 0 radical (unpaired) electrons. The lowest BCUT2D eigenvalue weighted by Crippen LogP contribution is -2.00. The molecule has 0 fully saturated rings. The monoisotopic (exact) mass is 207 g/mol. The van der Waals surface area contributed by atoms with Gasteiger partial charge < -0.3 is 4.74 Å². The number of pyridine rings is 1. The molecule has 0 N–H and O–H groups in total. The van der Waals surface area contributed by atoms with E-state index in [9.17, 15) is 9.18 Å². The summed E-state index contributed by atoms with van der Waals surface area (Å²) in [6, 6.07) is 1.55. The highest BCUT2D eigenvalue weighted by atomic mass is 19.1. The molecule has 1 aromatic heterocycles. The van der Waals surface area contributed by atoms with Crippen LogP contribution in [0.4, 0.5) is 4.39 Å². The summed E-state index contributed by atoms with van der Waals surface area (Å²) in [5, 5.41) is 0. The van der Waals surface area contributed by atoms with Crippen molar-refractivity contribution in [2.24, 2.45) is 0 Å². The molecule has 0 unspecified atom stereocenters. The van der Waals surface area contributed by atoms with Crippen LogP contribution in [0.3, 0.4) is 0 Å². The van der Waals surface area contributed by atoms with E-state index in [1.165, 1.54) is 6.20 Å². The topological polar surface area (TPSA) is 39.2 Å². The molecule has 1 rings (SSSR count). The van der Waals surface area contributed by atoms with Gasteiger partial charge in [0.05, 0.1) is 6.61 Å². The Balaban J connectivity index is 2.89. The Labute approximate surface area is 87.3 Å². The summed E-state index contributed by atoms with van der Waals surface area (Å²) in [6.07, 6.45) is 1.30. The van der Waals surface area contributed by atoms with Crippen molar-refractivity contribution in [1.82, 2.24) is 4.98 Å². The van der Waals surface area contributed by atoms with Crippen molar-refractivity contribution in [2.75, 3.05) is 6.61 Å². The molecule has 0 aliphatic heterocycles. The van der Waals surface area contributed by atoms with Gasteiger partial charge in [0.2, 0.25) is 5.95 Å². The van der Waals surface area contributed by atoms with E-state index in [0.717, 1.165) is 0 Å². The first-order chi connectivity index (χ1) is 7.15. The van der Waals surface area contributed by atoms with Gasteiger partial charge in [-0.15, -0.1) is 0 Å².